The maximum absolute atomic E-state index is 13.4. The van der Waals surface area contributed by atoms with Crippen molar-refractivity contribution in [2.75, 3.05) is 0 Å². The van der Waals surface area contributed by atoms with E-state index in [1.54, 1.807) is 6.92 Å². The lowest BCUT2D eigenvalue weighted by Gasteiger charge is -2.22. The van der Waals surface area contributed by atoms with Gasteiger partial charge in [0.05, 0.1) is 17.7 Å². The molecule has 1 aromatic rings. The van der Waals surface area contributed by atoms with Crippen LogP contribution in [0.1, 0.15) is 30.5 Å². The van der Waals surface area contributed by atoms with E-state index in [2.05, 4.69) is 0 Å². The number of halogens is 4. The summed E-state index contributed by atoms with van der Waals surface area (Å²) < 4.78 is 51.4. The summed E-state index contributed by atoms with van der Waals surface area (Å²) in [6.07, 6.45) is -5.76. The van der Waals surface area contributed by atoms with E-state index in [0.717, 1.165) is 18.2 Å². The maximum Gasteiger partial charge on any atom is 0.416 e. The highest BCUT2D eigenvalue weighted by atomic mass is 19.4. The predicted molar refractivity (Wildman–Crippen MR) is 54.6 cm³/mol. The van der Waals surface area contributed by atoms with Gasteiger partial charge in [0.25, 0.3) is 0 Å². The van der Waals surface area contributed by atoms with Crippen LogP contribution in [0.2, 0.25) is 0 Å². The molecular weight excluding hydrogens is 238 g/mol. The van der Waals surface area contributed by atoms with Gasteiger partial charge < -0.3 is 10.8 Å². The maximum atomic E-state index is 13.4. The average molecular weight is 251 g/mol. The van der Waals surface area contributed by atoms with Crippen LogP contribution < -0.4 is 5.73 Å². The Morgan fingerprint density at radius 2 is 1.94 bits per heavy atom. The molecule has 6 heteroatoms. The Hall–Kier alpha value is -1.14. The van der Waals surface area contributed by atoms with Gasteiger partial charge in [0, 0.05) is 5.56 Å². The summed E-state index contributed by atoms with van der Waals surface area (Å²) in [6.45, 7) is 1.55. The first-order valence-corrected chi connectivity index (χ1v) is 5.08. The first-order valence-electron chi connectivity index (χ1n) is 5.08. The topological polar surface area (TPSA) is 46.2 Å². The van der Waals surface area contributed by atoms with Gasteiger partial charge >= 0.3 is 6.18 Å². The van der Waals surface area contributed by atoms with E-state index in [1.165, 1.54) is 0 Å². The standard InChI is InChI=1S/C11H13F4NO/c1-2-8(17)10(16)9-6(11(13,14)15)4-3-5-7(9)12/h3-5,8,10,17H,2,16H2,1H3/t8-,10-/m1/s1. The van der Waals surface area contributed by atoms with Crippen LogP contribution in [0.5, 0.6) is 0 Å². The second kappa shape index (κ2) is 5.01. The number of hydrogen-bond acceptors (Lipinski definition) is 2. The highest BCUT2D eigenvalue weighted by Crippen LogP contribution is 2.36. The Morgan fingerprint density at radius 3 is 2.41 bits per heavy atom. The van der Waals surface area contributed by atoms with Gasteiger partial charge in [0.15, 0.2) is 0 Å². The fourth-order valence-corrected chi connectivity index (χ4v) is 1.57. The minimum Gasteiger partial charge on any atom is -0.391 e. The number of aliphatic hydroxyl groups is 1. The molecule has 0 amide bonds. The van der Waals surface area contributed by atoms with Crippen LogP contribution in [0.4, 0.5) is 17.6 Å². The molecule has 2 atom stereocenters. The van der Waals surface area contributed by atoms with E-state index in [4.69, 9.17) is 5.73 Å². The molecule has 0 bridgehead atoms. The van der Waals surface area contributed by atoms with Crippen molar-refractivity contribution < 1.29 is 22.7 Å². The lowest BCUT2D eigenvalue weighted by Crippen LogP contribution is -2.29. The number of nitrogens with two attached hydrogens (primary N) is 1. The predicted octanol–water partition coefficient (Wildman–Crippen LogP) is 2.62. The third-order valence-corrected chi connectivity index (χ3v) is 2.52. The minimum atomic E-state index is -4.69. The van der Waals surface area contributed by atoms with Crippen LogP contribution in [0.3, 0.4) is 0 Å². The molecule has 17 heavy (non-hydrogen) atoms. The number of aliphatic hydroxyl groups excluding tert-OH is 1. The van der Waals surface area contributed by atoms with Crippen molar-refractivity contribution in [2.24, 2.45) is 5.73 Å². The summed E-state index contributed by atoms with van der Waals surface area (Å²) >= 11 is 0. The van der Waals surface area contributed by atoms with Crippen LogP contribution in [-0.4, -0.2) is 11.2 Å². The third kappa shape index (κ3) is 2.95. The van der Waals surface area contributed by atoms with Crippen molar-refractivity contribution in [1.82, 2.24) is 0 Å². The van der Waals surface area contributed by atoms with Crippen LogP contribution in [0, 0.1) is 5.82 Å². The second-order valence-corrected chi connectivity index (χ2v) is 3.70. The van der Waals surface area contributed by atoms with Gasteiger partial charge in [0.1, 0.15) is 5.82 Å². The molecule has 0 saturated heterocycles. The van der Waals surface area contributed by atoms with E-state index in [-0.39, 0.29) is 6.42 Å². The molecule has 0 fully saturated rings. The zero-order valence-electron chi connectivity index (χ0n) is 9.13. The molecule has 0 aromatic heterocycles. The Morgan fingerprint density at radius 1 is 1.35 bits per heavy atom. The molecular formula is C11H13F4NO. The molecule has 0 heterocycles. The van der Waals surface area contributed by atoms with Crippen molar-refractivity contribution in [3.63, 3.8) is 0 Å². The molecule has 0 aliphatic heterocycles. The SMILES string of the molecule is CC[C@@H](O)[C@@H](N)c1c(F)cccc1C(F)(F)F. The summed E-state index contributed by atoms with van der Waals surface area (Å²) in [7, 11) is 0. The molecule has 3 N–H and O–H groups in total. The molecule has 0 spiro atoms. The average Bonchev–Trinajstić information content (AvgIpc) is 2.25. The molecule has 1 rings (SSSR count). The zero-order valence-corrected chi connectivity index (χ0v) is 9.13. The monoisotopic (exact) mass is 251 g/mol. The Labute approximate surface area is 96.1 Å². The first kappa shape index (κ1) is 13.9. The number of benzene rings is 1. The van der Waals surface area contributed by atoms with Gasteiger partial charge in [-0.25, -0.2) is 4.39 Å². The van der Waals surface area contributed by atoms with E-state index in [9.17, 15) is 22.7 Å². The smallest absolute Gasteiger partial charge is 0.391 e. The summed E-state index contributed by atoms with van der Waals surface area (Å²) in [4.78, 5) is 0. The van der Waals surface area contributed by atoms with E-state index >= 15 is 0 Å². The van der Waals surface area contributed by atoms with E-state index in [0.29, 0.717) is 0 Å². The van der Waals surface area contributed by atoms with E-state index in [1.807, 2.05) is 0 Å². The van der Waals surface area contributed by atoms with Crippen LogP contribution >= 0.6 is 0 Å². The highest BCUT2D eigenvalue weighted by molar-refractivity contribution is 5.34. The number of alkyl halides is 3. The highest BCUT2D eigenvalue weighted by Gasteiger charge is 2.37. The van der Waals surface area contributed by atoms with Crippen LogP contribution in [0.25, 0.3) is 0 Å². The van der Waals surface area contributed by atoms with Crippen LogP contribution in [-0.2, 0) is 6.18 Å². The van der Waals surface area contributed by atoms with Crippen LogP contribution in [0.15, 0.2) is 18.2 Å². The lowest BCUT2D eigenvalue weighted by atomic mass is 9.95. The molecule has 0 aliphatic carbocycles. The normalized spacial score (nSPS) is 15.7. The van der Waals surface area contributed by atoms with Gasteiger partial charge in [-0.2, -0.15) is 13.2 Å². The summed E-state index contributed by atoms with van der Waals surface area (Å²) in [5.74, 6) is -1.06. The lowest BCUT2D eigenvalue weighted by molar-refractivity contribution is -0.138. The fraction of sp³-hybridized carbons (Fsp3) is 0.455. The van der Waals surface area contributed by atoms with Gasteiger partial charge in [0.2, 0.25) is 0 Å². The second-order valence-electron chi connectivity index (χ2n) is 3.70. The molecule has 2 nitrogen and oxygen atoms in total. The van der Waals surface area contributed by atoms with Gasteiger partial charge in [-0.1, -0.05) is 13.0 Å². The number of hydrogen-bond donors (Lipinski definition) is 2. The largest absolute Gasteiger partial charge is 0.416 e. The zero-order chi connectivity index (χ0) is 13.2. The van der Waals surface area contributed by atoms with Crippen molar-refractivity contribution in [2.45, 2.75) is 31.7 Å². The minimum absolute atomic E-state index is 0.146. The first-order chi connectivity index (χ1) is 7.79. The summed E-state index contributed by atoms with van der Waals surface area (Å²) in [5, 5.41) is 9.44. The molecule has 0 saturated carbocycles. The summed E-state index contributed by atoms with van der Waals surface area (Å²) in [6, 6.07) is 1.22. The summed E-state index contributed by atoms with van der Waals surface area (Å²) in [5.41, 5.74) is 3.63. The van der Waals surface area contributed by atoms with Gasteiger partial charge in [-0.15, -0.1) is 0 Å². The van der Waals surface area contributed by atoms with E-state index < -0.39 is 35.3 Å². The van der Waals surface area contributed by atoms with Crippen molar-refractivity contribution in [3.05, 3.63) is 35.1 Å². The molecule has 1 aromatic carbocycles. The Kier molecular flexibility index (Phi) is 4.11. The van der Waals surface area contributed by atoms with Gasteiger partial charge in [-0.3, -0.25) is 0 Å². The Bertz CT molecular complexity index is 392. The molecule has 96 valence electrons. The van der Waals surface area contributed by atoms with Crippen molar-refractivity contribution in [3.8, 4) is 0 Å². The molecule has 0 aliphatic rings. The quantitative estimate of drug-likeness (QED) is 0.811. The fourth-order valence-electron chi connectivity index (χ4n) is 1.57. The molecule has 0 radical (unpaired) electrons. The number of rotatable bonds is 3. The van der Waals surface area contributed by atoms with Gasteiger partial charge in [-0.05, 0) is 18.6 Å². The third-order valence-electron chi connectivity index (χ3n) is 2.52. The van der Waals surface area contributed by atoms with Crippen molar-refractivity contribution in [1.29, 1.82) is 0 Å². The molecule has 0 unspecified atom stereocenters. The Balaban J connectivity index is 3.30. The van der Waals surface area contributed by atoms with Crippen molar-refractivity contribution >= 4 is 0 Å².